The molecule has 2 aromatic rings. The normalized spacial score (nSPS) is 11.2. The van der Waals surface area contributed by atoms with Crippen molar-refractivity contribution in [3.63, 3.8) is 0 Å². The van der Waals surface area contributed by atoms with Gasteiger partial charge in [-0.25, -0.2) is 0 Å². The first-order chi connectivity index (χ1) is 9.39. The second-order valence-corrected chi connectivity index (χ2v) is 3.96. The zero-order chi connectivity index (χ0) is 14.8. The maximum atomic E-state index is 12.2. The molecule has 0 aliphatic heterocycles. The fourth-order valence-corrected chi connectivity index (χ4v) is 1.73. The van der Waals surface area contributed by atoms with Gasteiger partial charge < -0.3 is 14.6 Å². The highest BCUT2D eigenvalue weighted by Gasteiger charge is 2.31. The first-order valence-corrected chi connectivity index (χ1v) is 5.62. The molecular weight excluding hydrogens is 273 g/mol. The molecule has 0 heterocycles. The van der Waals surface area contributed by atoms with Crippen molar-refractivity contribution >= 4 is 0 Å². The van der Waals surface area contributed by atoms with Gasteiger partial charge in [-0.1, -0.05) is 18.2 Å². The van der Waals surface area contributed by atoms with Crippen molar-refractivity contribution < 1.29 is 27.8 Å². The number of ether oxygens (including phenoxy) is 2. The number of phenolic OH excluding ortho intramolecular Hbond substituents is 1. The number of hydrogen-bond donors (Lipinski definition) is 1. The standard InChI is InChI=1S/C14H11F3O3/c1-19-13-8-10(5-6-12(13)18)9-3-2-4-11(7-9)20-14(15,16)17/h2-8,18H,1H3. The quantitative estimate of drug-likeness (QED) is 0.927. The molecule has 0 fully saturated rings. The Bertz CT molecular complexity index is 609. The van der Waals surface area contributed by atoms with Gasteiger partial charge in [0.2, 0.25) is 0 Å². The summed E-state index contributed by atoms with van der Waals surface area (Å²) < 4.78 is 45.3. The zero-order valence-electron chi connectivity index (χ0n) is 10.4. The number of aromatic hydroxyl groups is 1. The van der Waals surface area contributed by atoms with Gasteiger partial charge in [-0.2, -0.15) is 0 Å². The minimum absolute atomic E-state index is 0.0426. The number of halogens is 3. The van der Waals surface area contributed by atoms with Crippen molar-refractivity contribution in [1.29, 1.82) is 0 Å². The molecule has 0 atom stereocenters. The van der Waals surface area contributed by atoms with E-state index in [1.54, 1.807) is 12.1 Å². The Kier molecular flexibility index (Phi) is 3.74. The Hall–Kier alpha value is -2.37. The molecule has 0 saturated carbocycles. The van der Waals surface area contributed by atoms with E-state index in [1.165, 1.54) is 37.4 Å². The van der Waals surface area contributed by atoms with E-state index >= 15 is 0 Å². The lowest BCUT2D eigenvalue weighted by Gasteiger charge is -2.11. The predicted octanol–water partition coefficient (Wildman–Crippen LogP) is 3.97. The molecule has 0 aliphatic rings. The van der Waals surface area contributed by atoms with Crippen LogP contribution in [-0.4, -0.2) is 18.6 Å². The van der Waals surface area contributed by atoms with Crippen LogP contribution in [0.3, 0.4) is 0 Å². The molecule has 0 amide bonds. The zero-order valence-corrected chi connectivity index (χ0v) is 10.4. The average molecular weight is 284 g/mol. The topological polar surface area (TPSA) is 38.7 Å². The van der Waals surface area contributed by atoms with Gasteiger partial charge in [-0.15, -0.1) is 13.2 Å². The molecule has 6 heteroatoms. The van der Waals surface area contributed by atoms with Gasteiger partial charge in [-0.05, 0) is 35.4 Å². The minimum atomic E-state index is -4.73. The van der Waals surface area contributed by atoms with Gasteiger partial charge in [0.1, 0.15) is 5.75 Å². The largest absolute Gasteiger partial charge is 0.573 e. The highest BCUT2D eigenvalue weighted by molar-refractivity contribution is 5.68. The van der Waals surface area contributed by atoms with Crippen molar-refractivity contribution in [2.24, 2.45) is 0 Å². The van der Waals surface area contributed by atoms with Crippen LogP contribution >= 0.6 is 0 Å². The third-order valence-corrected chi connectivity index (χ3v) is 2.58. The third-order valence-electron chi connectivity index (χ3n) is 2.58. The maximum absolute atomic E-state index is 12.2. The first kappa shape index (κ1) is 14.0. The number of hydrogen-bond acceptors (Lipinski definition) is 3. The van der Waals surface area contributed by atoms with Gasteiger partial charge in [0.05, 0.1) is 7.11 Å². The molecule has 0 aromatic heterocycles. The number of alkyl halides is 3. The lowest BCUT2D eigenvalue weighted by atomic mass is 10.0. The summed E-state index contributed by atoms with van der Waals surface area (Å²) in [5.41, 5.74) is 1.12. The smallest absolute Gasteiger partial charge is 0.504 e. The van der Waals surface area contributed by atoms with E-state index in [1.807, 2.05) is 0 Å². The van der Waals surface area contributed by atoms with E-state index < -0.39 is 6.36 Å². The fraction of sp³-hybridized carbons (Fsp3) is 0.143. The van der Waals surface area contributed by atoms with Gasteiger partial charge in [0.25, 0.3) is 0 Å². The van der Waals surface area contributed by atoms with Crippen LogP contribution in [0.2, 0.25) is 0 Å². The summed E-state index contributed by atoms with van der Waals surface area (Å²) in [6.45, 7) is 0. The second kappa shape index (κ2) is 5.32. The highest BCUT2D eigenvalue weighted by atomic mass is 19.4. The summed E-state index contributed by atoms with van der Waals surface area (Å²) in [4.78, 5) is 0. The van der Waals surface area contributed by atoms with Gasteiger partial charge >= 0.3 is 6.36 Å². The molecule has 0 bridgehead atoms. The summed E-state index contributed by atoms with van der Waals surface area (Å²) in [5, 5.41) is 9.49. The summed E-state index contributed by atoms with van der Waals surface area (Å²) in [5.74, 6) is -0.106. The number of rotatable bonds is 3. The van der Waals surface area contributed by atoms with E-state index in [9.17, 15) is 18.3 Å². The highest BCUT2D eigenvalue weighted by Crippen LogP contribution is 2.33. The monoisotopic (exact) mass is 284 g/mol. The maximum Gasteiger partial charge on any atom is 0.573 e. The van der Waals surface area contributed by atoms with E-state index in [0.29, 0.717) is 11.1 Å². The van der Waals surface area contributed by atoms with Crippen LogP contribution in [0, 0.1) is 0 Å². The van der Waals surface area contributed by atoms with Gasteiger partial charge in [0.15, 0.2) is 11.5 Å². The summed E-state index contributed by atoms with van der Waals surface area (Å²) in [6.07, 6.45) is -4.73. The van der Waals surface area contributed by atoms with Crippen LogP contribution < -0.4 is 9.47 Å². The van der Waals surface area contributed by atoms with Crippen LogP contribution in [0.15, 0.2) is 42.5 Å². The molecule has 2 aromatic carbocycles. The van der Waals surface area contributed by atoms with Gasteiger partial charge in [0, 0.05) is 0 Å². The SMILES string of the molecule is COc1cc(-c2cccc(OC(F)(F)F)c2)ccc1O. The minimum Gasteiger partial charge on any atom is -0.504 e. The van der Waals surface area contributed by atoms with Crippen molar-refractivity contribution in [3.05, 3.63) is 42.5 Å². The van der Waals surface area contributed by atoms with Crippen molar-refractivity contribution in [3.8, 4) is 28.4 Å². The molecular formula is C14H11F3O3. The molecule has 0 unspecified atom stereocenters. The number of phenols is 1. The third kappa shape index (κ3) is 3.34. The Morgan fingerprint density at radius 3 is 2.35 bits per heavy atom. The lowest BCUT2D eigenvalue weighted by molar-refractivity contribution is -0.274. The predicted molar refractivity (Wildman–Crippen MR) is 66.8 cm³/mol. The van der Waals surface area contributed by atoms with Gasteiger partial charge in [-0.3, -0.25) is 0 Å². The molecule has 0 radical (unpaired) electrons. The van der Waals surface area contributed by atoms with Crippen LogP contribution in [0.1, 0.15) is 0 Å². The summed E-state index contributed by atoms with van der Waals surface area (Å²) >= 11 is 0. The van der Waals surface area contributed by atoms with E-state index in [4.69, 9.17) is 4.74 Å². The molecule has 106 valence electrons. The molecule has 20 heavy (non-hydrogen) atoms. The summed E-state index contributed by atoms with van der Waals surface area (Å²) in [7, 11) is 1.39. The Labute approximate surface area is 113 Å². The number of benzene rings is 2. The van der Waals surface area contributed by atoms with Crippen LogP contribution in [0.5, 0.6) is 17.2 Å². The second-order valence-electron chi connectivity index (χ2n) is 3.96. The van der Waals surface area contributed by atoms with Crippen LogP contribution in [0.25, 0.3) is 11.1 Å². The Morgan fingerprint density at radius 1 is 1.00 bits per heavy atom. The Morgan fingerprint density at radius 2 is 1.70 bits per heavy atom. The Balaban J connectivity index is 2.36. The lowest BCUT2D eigenvalue weighted by Crippen LogP contribution is -2.17. The van der Waals surface area contributed by atoms with Crippen LogP contribution in [-0.2, 0) is 0 Å². The molecule has 0 spiro atoms. The van der Waals surface area contributed by atoms with E-state index in [-0.39, 0.29) is 17.2 Å². The first-order valence-electron chi connectivity index (χ1n) is 5.62. The average Bonchev–Trinajstić information content (AvgIpc) is 2.37. The molecule has 0 saturated heterocycles. The molecule has 1 N–H and O–H groups in total. The summed E-state index contributed by atoms with van der Waals surface area (Å²) in [6, 6.07) is 10.1. The van der Waals surface area contributed by atoms with Crippen molar-refractivity contribution in [1.82, 2.24) is 0 Å². The molecule has 3 nitrogen and oxygen atoms in total. The van der Waals surface area contributed by atoms with Crippen molar-refractivity contribution in [2.75, 3.05) is 7.11 Å². The fourth-order valence-electron chi connectivity index (χ4n) is 1.73. The van der Waals surface area contributed by atoms with Crippen molar-refractivity contribution in [2.45, 2.75) is 6.36 Å². The molecule has 0 aliphatic carbocycles. The van der Waals surface area contributed by atoms with Crippen LogP contribution in [0.4, 0.5) is 13.2 Å². The molecule has 2 rings (SSSR count). The van der Waals surface area contributed by atoms with E-state index in [2.05, 4.69) is 4.74 Å². The number of methoxy groups -OCH3 is 1. The van der Waals surface area contributed by atoms with E-state index in [0.717, 1.165) is 0 Å².